The molecular formula is C24H25F3N4O3S. The summed E-state index contributed by atoms with van der Waals surface area (Å²) in [5.41, 5.74) is 6.38. The fraction of sp³-hybridized carbons (Fsp3) is 0.417. The number of hydrogen-bond donors (Lipinski definition) is 2. The van der Waals surface area contributed by atoms with Gasteiger partial charge in [0.05, 0.1) is 16.2 Å². The summed E-state index contributed by atoms with van der Waals surface area (Å²) in [5.74, 6) is -0.627. The maximum atomic E-state index is 13.3. The van der Waals surface area contributed by atoms with E-state index in [9.17, 15) is 26.4 Å². The number of fused-ring (bicyclic) bond motifs is 1. The van der Waals surface area contributed by atoms with E-state index in [1.165, 1.54) is 24.3 Å². The maximum absolute atomic E-state index is 13.3. The molecule has 7 nitrogen and oxygen atoms in total. The highest BCUT2D eigenvalue weighted by molar-refractivity contribution is 7.89. The topological polar surface area (TPSA) is 107 Å². The van der Waals surface area contributed by atoms with Gasteiger partial charge in [-0.3, -0.25) is 4.79 Å². The Hall–Kier alpha value is -2.92. The summed E-state index contributed by atoms with van der Waals surface area (Å²) < 4.78 is 69.1. The lowest BCUT2D eigenvalue weighted by atomic mass is 9.92. The fourth-order valence-electron chi connectivity index (χ4n) is 4.63. The van der Waals surface area contributed by atoms with Crippen LogP contribution in [-0.4, -0.2) is 35.6 Å². The molecular weight excluding hydrogens is 481 g/mol. The maximum Gasteiger partial charge on any atom is 0.407 e. The summed E-state index contributed by atoms with van der Waals surface area (Å²) in [6.07, 6.45) is 0.0983. The zero-order chi connectivity index (χ0) is 25.2. The number of hydrogen-bond acceptors (Lipinski definition) is 4. The Morgan fingerprint density at radius 2 is 1.89 bits per heavy atom. The lowest BCUT2D eigenvalue weighted by Gasteiger charge is -2.30. The summed E-state index contributed by atoms with van der Waals surface area (Å²) in [6, 6.07) is 7.52. The van der Waals surface area contributed by atoms with E-state index in [0.717, 1.165) is 31.2 Å². The third-order valence-corrected chi connectivity index (χ3v) is 8.61. The fourth-order valence-corrected chi connectivity index (χ4v) is 6.08. The van der Waals surface area contributed by atoms with E-state index in [0.29, 0.717) is 27.9 Å². The van der Waals surface area contributed by atoms with Crippen molar-refractivity contribution in [3.63, 3.8) is 0 Å². The molecule has 0 radical (unpaired) electrons. The van der Waals surface area contributed by atoms with Crippen LogP contribution in [0.15, 0.2) is 41.4 Å². The number of carbonyl (C=O) groups is 1. The van der Waals surface area contributed by atoms with Gasteiger partial charge in [-0.05, 0) is 67.9 Å². The molecule has 0 aliphatic heterocycles. The van der Waals surface area contributed by atoms with Crippen LogP contribution in [0.2, 0.25) is 0 Å². The zero-order valence-corrected chi connectivity index (χ0v) is 19.8. The molecule has 2 heterocycles. The second-order valence-electron chi connectivity index (χ2n) is 9.32. The van der Waals surface area contributed by atoms with Crippen molar-refractivity contribution in [2.24, 2.45) is 5.73 Å². The Balaban J connectivity index is 1.60. The molecule has 2 aliphatic carbocycles. The standard InChI is InChI=1S/C24H25F3N4O3S/c1-2-14-12-18-19(21(28)32)20(31(16-4-3-5-16)22(18)29-13-14)15-6-8-17(9-7-15)35(33,34)30-23(10-11-23)24(25,26)27/h6-9,12-13,16,30H,2-5,10-11H2,1H3,(H2,28,32). The highest BCUT2D eigenvalue weighted by Gasteiger charge is 2.65. The highest BCUT2D eigenvalue weighted by Crippen LogP contribution is 2.50. The minimum atomic E-state index is -4.66. The Morgan fingerprint density at radius 3 is 2.37 bits per heavy atom. The van der Waals surface area contributed by atoms with Crippen molar-refractivity contribution < 1.29 is 26.4 Å². The van der Waals surface area contributed by atoms with Gasteiger partial charge in [0.15, 0.2) is 0 Å². The predicted molar refractivity (Wildman–Crippen MR) is 124 cm³/mol. The third kappa shape index (κ3) is 3.90. The largest absolute Gasteiger partial charge is 0.407 e. The third-order valence-electron chi connectivity index (χ3n) is 7.05. The number of aromatic nitrogens is 2. The summed E-state index contributed by atoms with van der Waals surface area (Å²) in [5, 5.41) is 0.637. The first kappa shape index (κ1) is 23.8. The number of halogens is 3. The number of sulfonamides is 1. The molecule has 11 heteroatoms. The number of nitrogens with one attached hydrogen (secondary N) is 1. The van der Waals surface area contributed by atoms with Crippen LogP contribution < -0.4 is 10.5 Å². The minimum absolute atomic E-state index is 0.118. The van der Waals surface area contributed by atoms with Crippen LogP contribution in [0, 0.1) is 0 Å². The van der Waals surface area contributed by atoms with Crippen molar-refractivity contribution in [3.05, 3.63) is 47.7 Å². The smallest absolute Gasteiger partial charge is 0.366 e. The summed E-state index contributed by atoms with van der Waals surface area (Å²) >= 11 is 0. The normalized spacial score (nSPS) is 17.9. The molecule has 35 heavy (non-hydrogen) atoms. The monoisotopic (exact) mass is 506 g/mol. The molecule has 5 rings (SSSR count). The quantitative estimate of drug-likeness (QED) is 0.493. The number of nitrogens with two attached hydrogens (primary N) is 1. The van der Waals surface area contributed by atoms with Crippen molar-refractivity contribution in [1.29, 1.82) is 0 Å². The van der Waals surface area contributed by atoms with Crippen molar-refractivity contribution in [3.8, 4) is 11.3 Å². The molecule has 1 amide bonds. The van der Waals surface area contributed by atoms with Gasteiger partial charge in [-0.1, -0.05) is 19.1 Å². The number of benzene rings is 1. The minimum Gasteiger partial charge on any atom is -0.366 e. The second-order valence-corrected chi connectivity index (χ2v) is 11.0. The first-order chi connectivity index (χ1) is 16.5. The number of nitrogens with zero attached hydrogens (tertiary/aromatic N) is 2. The van der Waals surface area contributed by atoms with Crippen molar-refractivity contribution in [1.82, 2.24) is 14.3 Å². The van der Waals surface area contributed by atoms with Crippen LogP contribution in [0.25, 0.3) is 22.3 Å². The first-order valence-corrected chi connectivity index (χ1v) is 13.0. The average Bonchev–Trinajstić information content (AvgIpc) is 3.47. The number of alkyl halides is 3. The van der Waals surface area contributed by atoms with Crippen molar-refractivity contribution in [2.75, 3.05) is 0 Å². The Kier molecular flexibility index (Phi) is 5.48. The first-order valence-electron chi connectivity index (χ1n) is 11.5. The summed E-state index contributed by atoms with van der Waals surface area (Å²) in [4.78, 5) is 16.9. The highest BCUT2D eigenvalue weighted by atomic mass is 32.2. The number of primary amides is 1. The van der Waals surface area contributed by atoms with E-state index in [1.54, 1.807) is 6.20 Å². The van der Waals surface area contributed by atoms with Crippen LogP contribution in [0.4, 0.5) is 13.2 Å². The number of amides is 1. The molecule has 2 saturated carbocycles. The summed E-state index contributed by atoms with van der Waals surface area (Å²) in [7, 11) is -4.40. The van der Waals surface area contributed by atoms with Crippen LogP contribution in [-0.2, 0) is 16.4 Å². The van der Waals surface area contributed by atoms with Gasteiger partial charge in [-0.15, -0.1) is 0 Å². The van der Waals surface area contributed by atoms with E-state index in [-0.39, 0.29) is 23.8 Å². The molecule has 0 spiro atoms. The van der Waals surface area contributed by atoms with Gasteiger partial charge in [0, 0.05) is 17.6 Å². The molecule has 186 valence electrons. The van der Waals surface area contributed by atoms with E-state index in [1.807, 2.05) is 22.3 Å². The van der Waals surface area contributed by atoms with Crippen LogP contribution >= 0.6 is 0 Å². The second kappa shape index (κ2) is 8.06. The Bertz CT molecular complexity index is 1420. The van der Waals surface area contributed by atoms with Crippen molar-refractivity contribution >= 4 is 27.0 Å². The molecule has 1 aromatic carbocycles. The van der Waals surface area contributed by atoms with E-state index < -0.39 is 27.6 Å². The number of pyridine rings is 1. The van der Waals surface area contributed by atoms with E-state index in [4.69, 9.17) is 5.73 Å². The molecule has 3 aromatic rings. The average molecular weight is 507 g/mol. The van der Waals surface area contributed by atoms with Gasteiger partial charge in [-0.25, -0.2) is 13.4 Å². The molecule has 3 N–H and O–H groups in total. The molecule has 2 aliphatic rings. The van der Waals surface area contributed by atoms with Crippen LogP contribution in [0.5, 0.6) is 0 Å². The van der Waals surface area contributed by atoms with Gasteiger partial charge in [-0.2, -0.15) is 17.9 Å². The number of aryl methyl sites for hydroxylation is 1. The lowest BCUT2D eigenvalue weighted by Crippen LogP contribution is -2.47. The Morgan fingerprint density at radius 1 is 1.23 bits per heavy atom. The lowest BCUT2D eigenvalue weighted by molar-refractivity contribution is -0.160. The molecule has 0 atom stereocenters. The number of rotatable bonds is 7. The van der Waals surface area contributed by atoms with Crippen LogP contribution in [0.1, 0.15) is 61.0 Å². The van der Waals surface area contributed by atoms with Gasteiger partial charge in [0.25, 0.3) is 5.91 Å². The van der Waals surface area contributed by atoms with Gasteiger partial charge < -0.3 is 10.3 Å². The Labute approximate surface area is 200 Å². The van der Waals surface area contributed by atoms with Gasteiger partial charge >= 0.3 is 6.18 Å². The van der Waals surface area contributed by atoms with Crippen LogP contribution in [0.3, 0.4) is 0 Å². The zero-order valence-electron chi connectivity index (χ0n) is 19.0. The molecule has 0 unspecified atom stereocenters. The molecule has 2 aromatic heterocycles. The van der Waals surface area contributed by atoms with Gasteiger partial charge in [0.2, 0.25) is 10.0 Å². The SMILES string of the molecule is CCc1cnc2c(c1)c(C(N)=O)c(-c1ccc(S(=O)(=O)NC3(C(F)(F)F)CC3)cc1)n2C1CCC1. The van der Waals surface area contributed by atoms with E-state index >= 15 is 0 Å². The van der Waals surface area contributed by atoms with Gasteiger partial charge in [0.1, 0.15) is 11.2 Å². The molecule has 0 saturated heterocycles. The predicted octanol–water partition coefficient (Wildman–Crippen LogP) is 4.46. The molecule has 0 bridgehead atoms. The molecule has 2 fully saturated rings. The summed E-state index contributed by atoms with van der Waals surface area (Å²) in [6.45, 7) is 1.98. The van der Waals surface area contributed by atoms with Crippen molar-refractivity contribution in [2.45, 2.75) is 68.1 Å². The number of carbonyl (C=O) groups excluding carboxylic acids is 1. The van der Waals surface area contributed by atoms with E-state index in [2.05, 4.69) is 4.98 Å².